The topological polar surface area (TPSA) is 0 Å². The van der Waals surface area contributed by atoms with E-state index in [1.54, 1.807) is 0 Å². The van der Waals surface area contributed by atoms with Crippen molar-refractivity contribution in [1.82, 2.24) is 0 Å². The van der Waals surface area contributed by atoms with Crippen LogP contribution in [0.3, 0.4) is 0 Å². The molecule has 1 atom stereocenters. The second-order valence-corrected chi connectivity index (χ2v) is 6.20. The Morgan fingerprint density at radius 1 is 0.875 bits per heavy atom. The normalized spacial score (nSPS) is 14.1. The molecule has 0 heterocycles. The van der Waals surface area contributed by atoms with Crippen molar-refractivity contribution >= 4 is 5.57 Å². The molecule has 0 N–H and O–H groups in total. The zero-order valence-corrected chi connectivity index (χ0v) is 20.5. The van der Waals surface area contributed by atoms with Crippen molar-refractivity contribution in [2.75, 3.05) is 0 Å². The van der Waals surface area contributed by atoms with Crippen LogP contribution in [0.2, 0.25) is 0 Å². The summed E-state index contributed by atoms with van der Waals surface area (Å²) >= 11 is 0. The molecule has 2 aromatic rings. The van der Waals surface area contributed by atoms with Gasteiger partial charge in [-0.2, -0.15) is 33.4 Å². The molecule has 128 valence electrons. The molecule has 2 aromatic carbocycles. The molecule has 0 aromatic heterocycles. The predicted octanol–water partition coefficient (Wildman–Crippen LogP) is 6.86. The minimum atomic E-state index is 0. The van der Waals surface area contributed by atoms with Gasteiger partial charge in [0.25, 0.3) is 0 Å². The predicted molar refractivity (Wildman–Crippen MR) is 106 cm³/mol. The molecular weight excluding hydrogens is 455 g/mol. The van der Waals surface area contributed by atoms with Gasteiger partial charge in [-0.1, -0.05) is 72.6 Å². The molecule has 24 heavy (non-hydrogen) atoms. The number of fused-ring (bicyclic) bond motifs is 1. The van der Waals surface area contributed by atoms with Crippen LogP contribution in [0.4, 0.5) is 0 Å². The molecule has 3 rings (SSSR count). The zero-order valence-electron chi connectivity index (χ0n) is 16.9. The summed E-state index contributed by atoms with van der Waals surface area (Å²) in [6, 6.07) is 8.53. The third-order valence-electron chi connectivity index (χ3n) is 5.08. The average molecular weight is 487 g/mol. The van der Waals surface area contributed by atoms with Gasteiger partial charge in [-0.3, -0.25) is 6.08 Å². The maximum absolute atomic E-state index is 3.40. The third kappa shape index (κ3) is 4.85. The summed E-state index contributed by atoms with van der Waals surface area (Å²) in [6.07, 6.45) is 3.40. The van der Waals surface area contributed by atoms with Crippen LogP contribution in [-0.2, 0) is 25.8 Å². The Morgan fingerprint density at radius 3 is 1.71 bits per heavy atom. The average Bonchev–Trinajstić information content (AvgIpc) is 2.86. The second kappa shape index (κ2) is 10.2. The van der Waals surface area contributed by atoms with Gasteiger partial charge in [0.05, 0.1) is 0 Å². The van der Waals surface area contributed by atoms with Gasteiger partial charge >= 0.3 is 25.8 Å². The number of allylic oxidation sites excluding steroid dienone is 2. The smallest absolute Gasteiger partial charge is 0.358 e. The minimum Gasteiger partial charge on any atom is -0.358 e. The third-order valence-corrected chi connectivity index (χ3v) is 5.08. The van der Waals surface area contributed by atoms with E-state index in [1.807, 2.05) is 0 Å². The van der Waals surface area contributed by atoms with Crippen LogP contribution in [0.15, 0.2) is 24.3 Å². The van der Waals surface area contributed by atoms with Crippen LogP contribution >= 0.6 is 0 Å². The Kier molecular flexibility index (Phi) is 10.8. The molecule has 0 saturated carbocycles. The van der Waals surface area contributed by atoms with E-state index in [0.29, 0.717) is 5.92 Å². The van der Waals surface area contributed by atoms with Gasteiger partial charge in [-0.15, -0.1) is 11.6 Å². The quantitative estimate of drug-likeness (QED) is 0.282. The first kappa shape index (κ1) is 25.4. The standard InChI is InChI=1S/C11H11.C10H15.2CH3.Hf/c1-8-7-9(2)11-6-4-3-5-10(8)11;1-6-7(2)9(4)10(5)8(6)3;;;/h3-6,8H,1-2H3;1-5H3;2*1H3;/q4*-1;+4. The van der Waals surface area contributed by atoms with E-state index < -0.39 is 0 Å². The number of hydrogen-bond donors (Lipinski definition) is 0. The molecule has 1 aliphatic carbocycles. The molecule has 0 nitrogen and oxygen atoms in total. The molecule has 1 unspecified atom stereocenters. The van der Waals surface area contributed by atoms with Crippen molar-refractivity contribution in [1.29, 1.82) is 0 Å². The monoisotopic (exact) mass is 488 g/mol. The van der Waals surface area contributed by atoms with Gasteiger partial charge in [-0.25, -0.2) is 5.57 Å². The Balaban J connectivity index is 0. The van der Waals surface area contributed by atoms with Crippen LogP contribution in [-0.4, -0.2) is 0 Å². The van der Waals surface area contributed by atoms with E-state index in [4.69, 9.17) is 0 Å². The largest absolute Gasteiger partial charge is 4.00 e. The van der Waals surface area contributed by atoms with Gasteiger partial charge in [-0.05, 0) is 0 Å². The SMILES string of the molecule is CC1=[C-]C(C)c2ccccc21.Cc1c(C)c(C)[c-](C)c1C.[CH3-].[CH3-].[Hf+4]. The summed E-state index contributed by atoms with van der Waals surface area (Å²) in [6.45, 7) is 15.3. The summed E-state index contributed by atoms with van der Waals surface area (Å²) in [5.41, 5.74) is 11.4. The summed E-state index contributed by atoms with van der Waals surface area (Å²) in [5, 5.41) is 0. The van der Waals surface area contributed by atoms with Crippen LogP contribution < -0.4 is 0 Å². The zero-order chi connectivity index (χ0) is 15.7. The van der Waals surface area contributed by atoms with Crippen molar-refractivity contribution in [3.63, 3.8) is 0 Å². The Hall–Kier alpha value is -0.820. The van der Waals surface area contributed by atoms with Crippen molar-refractivity contribution in [3.05, 3.63) is 84.1 Å². The first-order valence-corrected chi connectivity index (χ1v) is 7.73. The maximum Gasteiger partial charge on any atom is 4.00 e. The first-order chi connectivity index (χ1) is 9.84. The van der Waals surface area contributed by atoms with Crippen LogP contribution in [0.25, 0.3) is 5.57 Å². The van der Waals surface area contributed by atoms with E-state index in [1.165, 1.54) is 44.5 Å². The van der Waals surface area contributed by atoms with Gasteiger partial charge in [0, 0.05) is 0 Å². The number of hydrogen-bond acceptors (Lipinski definition) is 0. The van der Waals surface area contributed by atoms with Crippen molar-refractivity contribution in [3.8, 4) is 0 Å². The molecule has 0 radical (unpaired) electrons. The number of benzene rings is 1. The molecule has 0 aliphatic heterocycles. The molecule has 0 saturated heterocycles. The van der Waals surface area contributed by atoms with Crippen molar-refractivity contribution in [2.24, 2.45) is 0 Å². The van der Waals surface area contributed by atoms with Crippen LogP contribution in [0, 0.1) is 55.5 Å². The summed E-state index contributed by atoms with van der Waals surface area (Å²) in [7, 11) is 0. The van der Waals surface area contributed by atoms with E-state index in [2.05, 4.69) is 78.8 Å². The van der Waals surface area contributed by atoms with E-state index in [0.717, 1.165) is 0 Å². The summed E-state index contributed by atoms with van der Waals surface area (Å²) in [5.74, 6) is 0.492. The maximum atomic E-state index is 3.40. The Labute approximate surface area is 169 Å². The van der Waals surface area contributed by atoms with E-state index in [-0.39, 0.29) is 40.7 Å². The Morgan fingerprint density at radius 2 is 1.33 bits per heavy atom. The second-order valence-electron chi connectivity index (χ2n) is 6.20. The van der Waals surface area contributed by atoms with E-state index >= 15 is 0 Å². The van der Waals surface area contributed by atoms with Gasteiger partial charge in [0.2, 0.25) is 0 Å². The summed E-state index contributed by atoms with van der Waals surface area (Å²) in [4.78, 5) is 0. The van der Waals surface area contributed by atoms with Crippen LogP contribution in [0.5, 0.6) is 0 Å². The molecule has 0 fully saturated rings. The van der Waals surface area contributed by atoms with Crippen LogP contribution in [0.1, 0.15) is 58.7 Å². The molecule has 0 bridgehead atoms. The summed E-state index contributed by atoms with van der Waals surface area (Å²) < 4.78 is 0. The van der Waals surface area contributed by atoms with Crippen molar-refractivity contribution in [2.45, 2.75) is 54.4 Å². The van der Waals surface area contributed by atoms with Gasteiger partial charge in [0.1, 0.15) is 0 Å². The van der Waals surface area contributed by atoms with E-state index in [9.17, 15) is 0 Å². The number of rotatable bonds is 0. The van der Waals surface area contributed by atoms with Gasteiger partial charge in [0.15, 0.2) is 0 Å². The van der Waals surface area contributed by atoms with Crippen molar-refractivity contribution < 1.29 is 25.8 Å². The van der Waals surface area contributed by atoms with Gasteiger partial charge < -0.3 is 14.9 Å². The Bertz CT molecular complexity index is 606. The molecule has 0 amide bonds. The first-order valence-electron chi connectivity index (χ1n) is 7.73. The molecular formula is C23H32Hf. The fourth-order valence-electron chi connectivity index (χ4n) is 3.10. The fourth-order valence-corrected chi connectivity index (χ4v) is 3.10. The minimum absolute atomic E-state index is 0. The molecule has 1 heteroatoms. The molecule has 1 aliphatic rings. The molecule has 0 spiro atoms. The fraction of sp³-hybridized carbons (Fsp3) is 0.348.